The molecular weight excluding hydrogens is 298 g/mol. The minimum atomic E-state index is -1.01. The van der Waals surface area contributed by atoms with Crippen molar-refractivity contribution >= 4 is 11.9 Å². The summed E-state index contributed by atoms with van der Waals surface area (Å²) in [5, 5.41) is 11.8. The van der Waals surface area contributed by atoms with Gasteiger partial charge in [0.25, 0.3) is 5.91 Å². The smallest absolute Gasteiger partial charge is 0.335 e. The van der Waals surface area contributed by atoms with E-state index in [2.05, 4.69) is 15.3 Å². The summed E-state index contributed by atoms with van der Waals surface area (Å²) in [6, 6.07) is 4.66. The lowest BCUT2D eigenvalue weighted by molar-refractivity contribution is 0.0696. The van der Waals surface area contributed by atoms with Gasteiger partial charge in [-0.2, -0.15) is 0 Å². The van der Waals surface area contributed by atoms with Gasteiger partial charge in [-0.1, -0.05) is 6.07 Å². The van der Waals surface area contributed by atoms with Crippen molar-refractivity contribution in [3.63, 3.8) is 0 Å². The number of aromatic nitrogens is 2. The molecule has 7 nitrogen and oxygen atoms in total. The molecule has 2 N–H and O–H groups in total. The molecular formula is C16H17N3O4. The van der Waals surface area contributed by atoms with E-state index in [0.29, 0.717) is 30.0 Å². The summed E-state index contributed by atoms with van der Waals surface area (Å²) >= 11 is 0. The number of amides is 1. The molecule has 0 radical (unpaired) electrons. The Morgan fingerprint density at radius 2 is 2.13 bits per heavy atom. The normalized spacial score (nSPS) is 10.2. The Morgan fingerprint density at radius 1 is 1.35 bits per heavy atom. The predicted octanol–water partition coefficient (Wildman–Crippen LogP) is 1.46. The van der Waals surface area contributed by atoms with Crippen molar-refractivity contribution < 1.29 is 19.4 Å². The van der Waals surface area contributed by atoms with Crippen LogP contribution in [-0.2, 0) is 6.42 Å². The first-order chi connectivity index (χ1) is 11.0. The second-order valence-corrected chi connectivity index (χ2v) is 4.86. The molecule has 0 bridgehead atoms. The molecule has 120 valence electrons. The average Bonchev–Trinajstić information content (AvgIpc) is 2.55. The number of rotatable bonds is 6. The first-order valence-electron chi connectivity index (χ1n) is 6.98. The van der Waals surface area contributed by atoms with Crippen LogP contribution in [0, 0.1) is 6.92 Å². The summed E-state index contributed by atoms with van der Waals surface area (Å²) in [7, 11) is 1.48. The molecule has 0 saturated carbocycles. The van der Waals surface area contributed by atoms with E-state index in [1.165, 1.54) is 31.8 Å². The Bertz CT molecular complexity index is 731. The van der Waals surface area contributed by atoms with Gasteiger partial charge in [0, 0.05) is 12.7 Å². The van der Waals surface area contributed by atoms with Crippen LogP contribution >= 0.6 is 0 Å². The zero-order valence-electron chi connectivity index (χ0n) is 12.9. The van der Waals surface area contributed by atoms with Crippen LogP contribution in [0.3, 0.4) is 0 Å². The number of aromatic carboxylic acids is 1. The summed E-state index contributed by atoms with van der Waals surface area (Å²) in [5.41, 5.74) is 2.02. The quantitative estimate of drug-likeness (QED) is 0.837. The average molecular weight is 315 g/mol. The molecule has 0 saturated heterocycles. The molecule has 7 heteroatoms. The lowest BCUT2D eigenvalue weighted by Crippen LogP contribution is -2.26. The zero-order chi connectivity index (χ0) is 16.8. The van der Waals surface area contributed by atoms with Gasteiger partial charge in [0.2, 0.25) is 0 Å². The third-order valence-electron chi connectivity index (χ3n) is 3.37. The standard InChI is InChI=1S/C16H17N3O4/c1-10-13(8-17-9-19-10)15(20)18-6-5-11-3-4-12(16(21)22)7-14(11)23-2/h3-4,7-9H,5-6H2,1-2H3,(H,18,20)(H,21,22). The highest BCUT2D eigenvalue weighted by atomic mass is 16.5. The third-order valence-corrected chi connectivity index (χ3v) is 3.37. The Hall–Kier alpha value is -2.96. The number of carboxylic acid groups (broad SMARTS) is 1. The number of ether oxygens (including phenoxy) is 1. The summed E-state index contributed by atoms with van der Waals surface area (Å²) in [5.74, 6) is -0.773. The lowest BCUT2D eigenvalue weighted by Gasteiger charge is -2.10. The minimum absolute atomic E-state index is 0.159. The monoisotopic (exact) mass is 315 g/mol. The van der Waals surface area contributed by atoms with Crippen LogP contribution < -0.4 is 10.1 Å². The van der Waals surface area contributed by atoms with E-state index in [4.69, 9.17) is 9.84 Å². The maximum Gasteiger partial charge on any atom is 0.335 e. The Labute approximate surface area is 133 Å². The topological polar surface area (TPSA) is 101 Å². The molecule has 23 heavy (non-hydrogen) atoms. The van der Waals surface area contributed by atoms with Crippen molar-refractivity contribution in [2.24, 2.45) is 0 Å². The number of carbonyl (C=O) groups is 2. The van der Waals surface area contributed by atoms with Crippen LogP contribution in [0.1, 0.15) is 32.0 Å². The van der Waals surface area contributed by atoms with E-state index < -0.39 is 5.97 Å². The first-order valence-corrected chi connectivity index (χ1v) is 6.98. The summed E-state index contributed by atoms with van der Waals surface area (Å²) < 4.78 is 5.20. The van der Waals surface area contributed by atoms with Crippen LogP contribution in [0.4, 0.5) is 0 Å². The van der Waals surface area contributed by atoms with Crippen molar-refractivity contribution in [3.8, 4) is 5.75 Å². The van der Waals surface area contributed by atoms with Gasteiger partial charge in [0.1, 0.15) is 12.1 Å². The fourth-order valence-electron chi connectivity index (χ4n) is 2.10. The summed E-state index contributed by atoms with van der Waals surface area (Å²) in [6.07, 6.45) is 3.38. The number of aryl methyl sites for hydroxylation is 1. The van der Waals surface area contributed by atoms with Crippen LogP contribution in [0.15, 0.2) is 30.7 Å². The van der Waals surface area contributed by atoms with E-state index in [-0.39, 0.29) is 11.5 Å². The molecule has 1 aromatic heterocycles. The van der Waals surface area contributed by atoms with Crippen LogP contribution in [-0.4, -0.2) is 40.6 Å². The Kier molecular flexibility index (Phi) is 5.24. The fraction of sp³-hybridized carbons (Fsp3) is 0.250. The highest BCUT2D eigenvalue weighted by Gasteiger charge is 2.11. The SMILES string of the molecule is COc1cc(C(=O)O)ccc1CCNC(=O)c1cncnc1C. The van der Waals surface area contributed by atoms with Gasteiger partial charge in [-0.05, 0) is 31.0 Å². The fourth-order valence-corrected chi connectivity index (χ4v) is 2.10. The number of hydrogen-bond acceptors (Lipinski definition) is 5. The van der Waals surface area contributed by atoms with Gasteiger partial charge < -0.3 is 15.2 Å². The van der Waals surface area contributed by atoms with Gasteiger partial charge in [-0.15, -0.1) is 0 Å². The number of hydrogen-bond donors (Lipinski definition) is 2. The molecule has 0 aliphatic carbocycles. The van der Waals surface area contributed by atoms with Gasteiger partial charge in [0.15, 0.2) is 0 Å². The molecule has 0 aliphatic rings. The van der Waals surface area contributed by atoms with Gasteiger partial charge in [0.05, 0.1) is 23.9 Å². The van der Waals surface area contributed by atoms with Crippen LogP contribution in [0.5, 0.6) is 5.75 Å². The molecule has 2 aromatic rings. The van der Waals surface area contributed by atoms with E-state index in [0.717, 1.165) is 5.56 Å². The Balaban J connectivity index is 2.00. The van der Waals surface area contributed by atoms with Crippen LogP contribution in [0.25, 0.3) is 0 Å². The molecule has 0 atom stereocenters. The molecule has 0 aliphatic heterocycles. The van der Waals surface area contributed by atoms with Crippen molar-refractivity contribution in [2.75, 3.05) is 13.7 Å². The van der Waals surface area contributed by atoms with Crippen molar-refractivity contribution in [1.82, 2.24) is 15.3 Å². The molecule has 0 unspecified atom stereocenters. The predicted molar refractivity (Wildman–Crippen MR) is 82.8 cm³/mol. The minimum Gasteiger partial charge on any atom is -0.496 e. The number of benzene rings is 1. The second kappa shape index (κ2) is 7.35. The number of carbonyl (C=O) groups excluding carboxylic acids is 1. The summed E-state index contributed by atoms with van der Waals surface area (Å²) in [4.78, 5) is 30.8. The zero-order valence-corrected chi connectivity index (χ0v) is 12.9. The molecule has 2 rings (SSSR count). The Morgan fingerprint density at radius 3 is 2.78 bits per heavy atom. The van der Waals surface area contributed by atoms with E-state index in [9.17, 15) is 9.59 Å². The van der Waals surface area contributed by atoms with Crippen LogP contribution in [0.2, 0.25) is 0 Å². The van der Waals surface area contributed by atoms with E-state index >= 15 is 0 Å². The van der Waals surface area contributed by atoms with Gasteiger partial charge >= 0.3 is 5.97 Å². The van der Waals surface area contributed by atoms with E-state index in [1.807, 2.05) is 0 Å². The van der Waals surface area contributed by atoms with Gasteiger partial charge in [-0.3, -0.25) is 4.79 Å². The molecule has 0 fully saturated rings. The maximum absolute atomic E-state index is 12.1. The molecule has 1 aromatic carbocycles. The van der Waals surface area contributed by atoms with Crippen molar-refractivity contribution in [1.29, 1.82) is 0 Å². The van der Waals surface area contributed by atoms with Crippen molar-refractivity contribution in [3.05, 3.63) is 53.1 Å². The number of carboxylic acids is 1. The second-order valence-electron chi connectivity index (χ2n) is 4.86. The highest BCUT2D eigenvalue weighted by molar-refractivity contribution is 5.94. The van der Waals surface area contributed by atoms with Gasteiger partial charge in [-0.25, -0.2) is 14.8 Å². The largest absolute Gasteiger partial charge is 0.496 e. The molecule has 1 heterocycles. The number of nitrogens with one attached hydrogen (secondary N) is 1. The lowest BCUT2D eigenvalue weighted by atomic mass is 10.1. The number of nitrogens with zero attached hydrogens (tertiary/aromatic N) is 2. The first kappa shape index (κ1) is 16.4. The molecule has 0 spiro atoms. The third kappa shape index (κ3) is 4.03. The number of methoxy groups -OCH3 is 1. The summed E-state index contributed by atoms with van der Waals surface area (Å²) in [6.45, 7) is 2.13. The van der Waals surface area contributed by atoms with E-state index in [1.54, 1.807) is 13.0 Å². The van der Waals surface area contributed by atoms with Crippen molar-refractivity contribution in [2.45, 2.75) is 13.3 Å². The highest BCUT2D eigenvalue weighted by Crippen LogP contribution is 2.20. The maximum atomic E-state index is 12.1. The molecule has 1 amide bonds.